The van der Waals surface area contributed by atoms with Crippen molar-refractivity contribution < 1.29 is 19.4 Å². The highest BCUT2D eigenvalue weighted by atomic mass is 16.5. The summed E-state index contributed by atoms with van der Waals surface area (Å²) in [6.07, 6.45) is 3.15. The molecule has 1 atom stereocenters. The minimum absolute atomic E-state index is 0.0357. The number of amides is 1. The largest absolute Gasteiger partial charge is 0.481 e. The SMILES string of the molecule is Cc1cccc(C2(C(=O)NCC(C(=O)O)C3CCOCC3)CC2)c1. The average Bonchev–Trinajstić information content (AvgIpc) is 3.37. The number of aliphatic carboxylic acids is 1. The number of carbonyl (C=O) groups is 2. The van der Waals surface area contributed by atoms with Crippen LogP contribution in [0, 0.1) is 18.8 Å². The molecule has 1 saturated carbocycles. The van der Waals surface area contributed by atoms with E-state index in [2.05, 4.69) is 11.4 Å². The standard InChI is InChI=1S/C19H25NO4/c1-13-3-2-4-15(11-13)19(7-8-19)18(23)20-12-16(17(21)22)14-5-9-24-10-6-14/h2-4,11,14,16H,5-10,12H2,1H3,(H,20,23)(H,21,22). The van der Waals surface area contributed by atoms with Crippen molar-refractivity contribution in [2.75, 3.05) is 19.8 Å². The Hall–Kier alpha value is -1.88. The van der Waals surface area contributed by atoms with E-state index >= 15 is 0 Å². The fourth-order valence-corrected chi connectivity index (χ4v) is 3.66. The van der Waals surface area contributed by atoms with Gasteiger partial charge in [0.15, 0.2) is 0 Å². The molecule has 5 nitrogen and oxygen atoms in total. The van der Waals surface area contributed by atoms with Crippen molar-refractivity contribution in [2.45, 2.75) is 38.0 Å². The molecule has 24 heavy (non-hydrogen) atoms. The van der Waals surface area contributed by atoms with Gasteiger partial charge in [0.25, 0.3) is 0 Å². The second-order valence-electron chi connectivity index (χ2n) is 7.06. The summed E-state index contributed by atoms with van der Waals surface area (Å²) in [4.78, 5) is 24.3. The topological polar surface area (TPSA) is 75.6 Å². The van der Waals surface area contributed by atoms with Crippen molar-refractivity contribution in [1.29, 1.82) is 0 Å². The molecule has 1 aromatic carbocycles. The van der Waals surface area contributed by atoms with Gasteiger partial charge in [-0.25, -0.2) is 0 Å². The van der Waals surface area contributed by atoms with Crippen LogP contribution in [-0.4, -0.2) is 36.7 Å². The summed E-state index contributed by atoms with van der Waals surface area (Å²) in [6.45, 7) is 3.43. The molecule has 1 unspecified atom stereocenters. The number of rotatable bonds is 6. The Bertz CT molecular complexity index is 618. The number of hydrogen-bond acceptors (Lipinski definition) is 3. The number of nitrogens with one attached hydrogen (secondary N) is 1. The van der Waals surface area contributed by atoms with E-state index in [4.69, 9.17) is 4.74 Å². The van der Waals surface area contributed by atoms with Gasteiger partial charge in [0.1, 0.15) is 0 Å². The van der Waals surface area contributed by atoms with E-state index in [1.165, 1.54) is 0 Å². The first kappa shape index (κ1) is 17.0. The number of carbonyl (C=O) groups excluding carboxylic acids is 1. The first-order chi connectivity index (χ1) is 11.5. The van der Waals surface area contributed by atoms with Crippen LogP contribution in [0.25, 0.3) is 0 Å². The second kappa shape index (κ2) is 6.93. The third-order valence-corrected chi connectivity index (χ3v) is 5.39. The molecule has 3 rings (SSSR count). The molecule has 0 aromatic heterocycles. The molecule has 0 spiro atoms. The smallest absolute Gasteiger partial charge is 0.308 e. The lowest BCUT2D eigenvalue weighted by atomic mass is 9.85. The highest BCUT2D eigenvalue weighted by Crippen LogP contribution is 2.48. The summed E-state index contributed by atoms with van der Waals surface area (Å²) < 4.78 is 5.31. The number of carboxylic acids is 1. The molecule has 2 fully saturated rings. The van der Waals surface area contributed by atoms with Crippen LogP contribution in [0.5, 0.6) is 0 Å². The first-order valence-electron chi connectivity index (χ1n) is 8.69. The molecule has 2 aliphatic rings. The summed E-state index contributed by atoms with van der Waals surface area (Å²) in [5.74, 6) is -1.33. The molecular weight excluding hydrogens is 306 g/mol. The van der Waals surface area contributed by atoms with E-state index in [1.807, 2.05) is 25.1 Å². The highest BCUT2D eigenvalue weighted by molar-refractivity contribution is 5.91. The number of aryl methyl sites for hydroxylation is 1. The lowest BCUT2D eigenvalue weighted by molar-refractivity contribution is -0.145. The molecule has 1 amide bonds. The maximum absolute atomic E-state index is 12.7. The normalized spacial score (nSPS) is 21.0. The van der Waals surface area contributed by atoms with Crippen molar-refractivity contribution in [3.8, 4) is 0 Å². The van der Waals surface area contributed by atoms with Crippen LogP contribution in [-0.2, 0) is 19.7 Å². The third-order valence-electron chi connectivity index (χ3n) is 5.39. The van der Waals surface area contributed by atoms with E-state index in [0.717, 1.165) is 36.8 Å². The minimum atomic E-state index is -0.831. The summed E-state index contributed by atoms with van der Waals surface area (Å²) in [5, 5.41) is 12.4. The zero-order valence-corrected chi connectivity index (χ0v) is 14.1. The van der Waals surface area contributed by atoms with Crippen molar-refractivity contribution in [3.63, 3.8) is 0 Å². The highest BCUT2D eigenvalue weighted by Gasteiger charge is 2.51. The van der Waals surface area contributed by atoms with Gasteiger partial charge < -0.3 is 15.2 Å². The quantitative estimate of drug-likeness (QED) is 0.838. The van der Waals surface area contributed by atoms with Gasteiger partial charge in [-0.1, -0.05) is 29.8 Å². The molecule has 5 heteroatoms. The monoisotopic (exact) mass is 331 g/mol. The zero-order chi connectivity index (χ0) is 17.2. The molecule has 2 N–H and O–H groups in total. The molecule has 1 aliphatic carbocycles. The van der Waals surface area contributed by atoms with Crippen LogP contribution in [0.15, 0.2) is 24.3 Å². The third kappa shape index (κ3) is 3.46. The van der Waals surface area contributed by atoms with Crippen molar-refractivity contribution >= 4 is 11.9 Å². The predicted octanol–water partition coefficient (Wildman–Crippen LogP) is 2.27. The minimum Gasteiger partial charge on any atom is -0.481 e. The Morgan fingerprint density at radius 3 is 2.62 bits per heavy atom. The van der Waals surface area contributed by atoms with Gasteiger partial charge in [-0.3, -0.25) is 9.59 Å². The Labute approximate surface area is 142 Å². The zero-order valence-electron chi connectivity index (χ0n) is 14.1. The maximum atomic E-state index is 12.7. The van der Waals surface area contributed by atoms with Crippen molar-refractivity contribution in [3.05, 3.63) is 35.4 Å². The number of carboxylic acid groups (broad SMARTS) is 1. The summed E-state index contributed by atoms with van der Waals surface area (Å²) in [7, 11) is 0. The van der Waals surface area contributed by atoms with E-state index in [9.17, 15) is 14.7 Å². The molecule has 1 aromatic rings. The van der Waals surface area contributed by atoms with Crippen LogP contribution in [0.3, 0.4) is 0 Å². The predicted molar refractivity (Wildman–Crippen MR) is 89.8 cm³/mol. The fourth-order valence-electron chi connectivity index (χ4n) is 3.66. The van der Waals surface area contributed by atoms with E-state index in [-0.39, 0.29) is 18.4 Å². The number of hydrogen-bond donors (Lipinski definition) is 2. The van der Waals surface area contributed by atoms with Gasteiger partial charge in [-0.15, -0.1) is 0 Å². The van der Waals surface area contributed by atoms with E-state index < -0.39 is 17.3 Å². The summed E-state index contributed by atoms with van der Waals surface area (Å²) in [6, 6.07) is 8.04. The molecule has 1 heterocycles. The van der Waals surface area contributed by atoms with Crippen molar-refractivity contribution in [1.82, 2.24) is 5.32 Å². The molecular formula is C19H25NO4. The van der Waals surface area contributed by atoms with Crippen LogP contribution in [0.1, 0.15) is 36.8 Å². The lowest BCUT2D eigenvalue weighted by Gasteiger charge is -2.28. The van der Waals surface area contributed by atoms with Gasteiger partial charge in [0.2, 0.25) is 5.91 Å². The maximum Gasteiger partial charge on any atom is 0.308 e. The Kier molecular flexibility index (Phi) is 4.90. The number of benzene rings is 1. The van der Waals surface area contributed by atoms with Crippen LogP contribution in [0.4, 0.5) is 0 Å². The Morgan fingerprint density at radius 2 is 2.04 bits per heavy atom. The van der Waals surface area contributed by atoms with Crippen molar-refractivity contribution in [2.24, 2.45) is 11.8 Å². The molecule has 130 valence electrons. The van der Waals surface area contributed by atoms with Gasteiger partial charge >= 0.3 is 5.97 Å². The lowest BCUT2D eigenvalue weighted by Crippen LogP contribution is -2.42. The average molecular weight is 331 g/mol. The number of ether oxygens (including phenoxy) is 1. The van der Waals surface area contributed by atoms with Crippen LogP contribution >= 0.6 is 0 Å². The fraction of sp³-hybridized carbons (Fsp3) is 0.579. The first-order valence-corrected chi connectivity index (χ1v) is 8.69. The Balaban J connectivity index is 1.64. The van der Waals surface area contributed by atoms with E-state index in [1.54, 1.807) is 0 Å². The Morgan fingerprint density at radius 1 is 1.33 bits per heavy atom. The molecule has 0 radical (unpaired) electrons. The molecule has 0 bridgehead atoms. The molecule has 1 saturated heterocycles. The van der Waals surface area contributed by atoms with Crippen LogP contribution < -0.4 is 5.32 Å². The van der Waals surface area contributed by atoms with Gasteiger partial charge in [-0.2, -0.15) is 0 Å². The van der Waals surface area contributed by atoms with E-state index in [0.29, 0.717) is 13.2 Å². The second-order valence-corrected chi connectivity index (χ2v) is 7.06. The summed E-state index contributed by atoms with van der Waals surface area (Å²) in [5.41, 5.74) is 1.72. The molecule has 1 aliphatic heterocycles. The van der Waals surface area contributed by atoms with Gasteiger partial charge in [0.05, 0.1) is 11.3 Å². The van der Waals surface area contributed by atoms with Gasteiger partial charge in [0, 0.05) is 19.8 Å². The van der Waals surface area contributed by atoms with Gasteiger partial charge in [-0.05, 0) is 44.1 Å². The summed E-state index contributed by atoms with van der Waals surface area (Å²) >= 11 is 0. The van der Waals surface area contributed by atoms with Crippen LogP contribution in [0.2, 0.25) is 0 Å².